The molecule has 2 N–H and O–H groups in total. The van der Waals surface area contributed by atoms with Crippen molar-refractivity contribution in [3.05, 3.63) is 16.6 Å². The Kier molecular flexibility index (Phi) is 7.22. The Balaban J connectivity index is 0.00000220. The molecule has 0 radical (unpaired) electrons. The lowest BCUT2D eigenvalue weighted by Gasteiger charge is -2.20. The fourth-order valence-corrected chi connectivity index (χ4v) is 3.91. The number of fused-ring (bicyclic) bond motifs is 1. The molecule has 1 aliphatic heterocycles. The Bertz CT molecular complexity index is 583. The average Bonchev–Trinajstić information content (AvgIpc) is 2.43. The molecular weight excluding hydrogens is 384 g/mol. The molecule has 1 aliphatic rings. The minimum absolute atomic E-state index is 0. The van der Waals surface area contributed by atoms with Crippen LogP contribution in [-0.2, 0) is 10.0 Å². The molecule has 0 unspecified atom stereocenters. The Morgan fingerprint density at radius 1 is 1.19 bits per heavy atom. The van der Waals surface area contributed by atoms with Gasteiger partial charge in [-0.1, -0.05) is 0 Å². The fraction of sp³-hybridized carbons (Fsp3) is 0.500. The lowest BCUT2D eigenvalue weighted by molar-refractivity contribution is 0.171. The van der Waals surface area contributed by atoms with E-state index in [-0.39, 0.29) is 17.3 Å². The first-order chi connectivity index (χ1) is 9.54. The van der Waals surface area contributed by atoms with Crippen molar-refractivity contribution in [2.75, 3.05) is 33.4 Å². The quantitative estimate of drug-likeness (QED) is 0.707. The van der Waals surface area contributed by atoms with Gasteiger partial charge in [-0.3, -0.25) is 0 Å². The van der Waals surface area contributed by atoms with Gasteiger partial charge in [0.2, 0.25) is 10.0 Å². The molecule has 2 rings (SSSR count). The third-order valence-electron chi connectivity index (χ3n) is 2.78. The Labute approximate surface area is 139 Å². The number of ether oxygens (including phenoxy) is 2. The zero-order chi connectivity index (χ0) is 14.6. The van der Waals surface area contributed by atoms with Gasteiger partial charge >= 0.3 is 0 Å². The van der Waals surface area contributed by atoms with Gasteiger partial charge in [-0.15, -0.1) is 12.4 Å². The van der Waals surface area contributed by atoms with Crippen molar-refractivity contribution in [2.45, 2.75) is 11.3 Å². The fourth-order valence-electron chi connectivity index (χ4n) is 1.80. The standard InChI is InChI=1S/C12H17BrN2O4S.ClH/c1-14-3-2-4-15-20(16,17)12-8-11-10(7-9(12)13)18-5-6-19-11;/h7-8,14-15H,2-6H2,1H3;1H. The maximum absolute atomic E-state index is 12.2. The van der Waals surface area contributed by atoms with Crippen LogP contribution in [0.5, 0.6) is 11.5 Å². The summed E-state index contributed by atoms with van der Waals surface area (Å²) in [5.41, 5.74) is 0. The Hall–Kier alpha value is -0.540. The zero-order valence-electron chi connectivity index (χ0n) is 11.5. The van der Waals surface area contributed by atoms with Crippen LogP contribution in [0.25, 0.3) is 0 Å². The predicted octanol–water partition coefficient (Wildman–Crippen LogP) is 1.53. The molecule has 0 saturated carbocycles. The van der Waals surface area contributed by atoms with Crippen molar-refractivity contribution < 1.29 is 17.9 Å². The molecule has 9 heteroatoms. The van der Waals surface area contributed by atoms with Crippen LogP contribution in [0.4, 0.5) is 0 Å². The highest BCUT2D eigenvalue weighted by atomic mass is 79.9. The molecule has 120 valence electrons. The van der Waals surface area contributed by atoms with Crippen LogP contribution in [0.3, 0.4) is 0 Å². The Morgan fingerprint density at radius 3 is 2.43 bits per heavy atom. The highest BCUT2D eigenvalue weighted by Gasteiger charge is 2.22. The minimum Gasteiger partial charge on any atom is -0.486 e. The molecular formula is C12H18BrClN2O4S. The summed E-state index contributed by atoms with van der Waals surface area (Å²) in [6, 6.07) is 3.11. The van der Waals surface area contributed by atoms with Gasteiger partial charge < -0.3 is 14.8 Å². The first-order valence-electron chi connectivity index (χ1n) is 6.28. The van der Waals surface area contributed by atoms with E-state index in [9.17, 15) is 8.42 Å². The summed E-state index contributed by atoms with van der Waals surface area (Å²) in [5.74, 6) is 1.01. The summed E-state index contributed by atoms with van der Waals surface area (Å²) in [6.07, 6.45) is 0.720. The van der Waals surface area contributed by atoms with Crippen molar-refractivity contribution in [1.29, 1.82) is 0 Å². The molecule has 0 saturated heterocycles. The van der Waals surface area contributed by atoms with Crippen molar-refractivity contribution in [3.63, 3.8) is 0 Å². The summed E-state index contributed by atoms with van der Waals surface area (Å²) in [6.45, 7) is 2.02. The second-order valence-electron chi connectivity index (χ2n) is 4.28. The highest BCUT2D eigenvalue weighted by Crippen LogP contribution is 2.37. The van der Waals surface area contributed by atoms with E-state index in [0.29, 0.717) is 35.7 Å². The van der Waals surface area contributed by atoms with Crippen LogP contribution in [0.1, 0.15) is 6.42 Å². The number of halogens is 2. The van der Waals surface area contributed by atoms with Gasteiger partial charge in [0.1, 0.15) is 18.1 Å². The average molecular weight is 402 g/mol. The van der Waals surface area contributed by atoms with E-state index in [1.807, 2.05) is 7.05 Å². The van der Waals surface area contributed by atoms with Crippen LogP contribution >= 0.6 is 28.3 Å². The molecule has 0 spiro atoms. The maximum Gasteiger partial charge on any atom is 0.241 e. The summed E-state index contributed by atoms with van der Waals surface area (Å²) < 4.78 is 38.3. The molecule has 1 heterocycles. The molecule has 1 aromatic carbocycles. The first-order valence-corrected chi connectivity index (χ1v) is 8.55. The molecule has 6 nitrogen and oxygen atoms in total. The van der Waals surface area contributed by atoms with E-state index in [0.717, 1.165) is 13.0 Å². The van der Waals surface area contributed by atoms with E-state index in [4.69, 9.17) is 9.47 Å². The lowest BCUT2D eigenvalue weighted by atomic mass is 10.3. The van der Waals surface area contributed by atoms with Gasteiger partial charge in [0.05, 0.1) is 0 Å². The highest BCUT2D eigenvalue weighted by molar-refractivity contribution is 9.10. The van der Waals surface area contributed by atoms with Crippen LogP contribution in [-0.4, -0.2) is 41.8 Å². The summed E-state index contributed by atoms with van der Waals surface area (Å²) in [4.78, 5) is 0.159. The van der Waals surface area contributed by atoms with E-state index >= 15 is 0 Å². The normalized spacial score (nSPS) is 13.6. The Morgan fingerprint density at radius 2 is 1.81 bits per heavy atom. The van der Waals surface area contributed by atoms with E-state index in [1.54, 1.807) is 6.07 Å². The first kappa shape index (κ1) is 18.5. The third kappa shape index (κ3) is 4.72. The van der Waals surface area contributed by atoms with Crippen LogP contribution in [0.15, 0.2) is 21.5 Å². The SMILES string of the molecule is CNCCCNS(=O)(=O)c1cc2c(cc1Br)OCCO2.Cl. The number of rotatable bonds is 6. The van der Waals surface area contributed by atoms with Crippen molar-refractivity contribution in [1.82, 2.24) is 10.0 Å². The van der Waals surface area contributed by atoms with Gasteiger partial charge in [0.15, 0.2) is 11.5 Å². The minimum atomic E-state index is -3.57. The molecule has 0 amide bonds. The van der Waals surface area contributed by atoms with Crippen LogP contribution in [0.2, 0.25) is 0 Å². The van der Waals surface area contributed by atoms with Gasteiger partial charge in [0, 0.05) is 17.1 Å². The van der Waals surface area contributed by atoms with E-state index < -0.39 is 10.0 Å². The second-order valence-corrected chi connectivity index (χ2v) is 6.87. The number of hydrogen-bond acceptors (Lipinski definition) is 5. The molecule has 0 fully saturated rings. The number of sulfonamides is 1. The van der Waals surface area contributed by atoms with E-state index in [2.05, 4.69) is 26.0 Å². The summed E-state index contributed by atoms with van der Waals surface area (Å²) in [7, 11) is -1.74. The van der Waals surface area contributed by atoms with Crippen molar-refractivity contribution in [2.24, 2.45) is 0 Å². The number of benzene rings is 1. The summed E-state index contributed by atoms with van der Waals surface area (Å²) in [5, 5.41) is 2.97. The number of hydrogen-bond donors (Lipinski definition) is 2. The predicted molar refractivity (Wildman–Crippen MR) is 86.1 cm³/mol. The molecule has 0 aromatic heterocycles. The molecule has 0 aliphatic carbocycles. The topological polar surface area (TPSA) is 76.7 Å². The molecule has 1 aromatic rings. The van der Waals surface area contributed by atoms with Gasteiger partial charge in [0.25, 0.3) is 0 Å². The number of nitrogens with one attached hydrogen (secondary N) is 2. The molecule has 0 bridgehead atoms. The van der Waals surface area contributed by atoms with Crippen LogP contribution < -0.4 is 19.5 Å². The largest absolute Gasteiger partial charge is 0.486 e. The molecule has 21 heavy (non-hydrogen) atoms. The second kappa shape index (κ2) is 8.19. The van der Waals surface area contributed by atoms with Crippen molar-refractivity contribution >= 4 is 38.4 Å². The smallest absolute Gasteiger partial charge is 0.241 e. The van der Waals surface area contributed by atoms with Gasteiger partial charge in [-0.05, 0) is 42.0 Å². The molecule has 0 atom stereocenters. The zero-order valence-corrected chi connectivity index (χ0v) is 14.7. The van der Waals surface area contributed by atoms with Gasteiger partial charge in [-0.2, -0.15) is 0 Å². The summed E-state index contributed by atoms with van der Waals surface area (Å²) >= 11 is 3.27. The van der Waals surface area contributed by atoms with Crippen LogP contribution in [0, 0.1) is 0 Å². The van der Waals surface area contributed by atoms with E-state index in [1.165, 1.54) is 6.07 Å². The van der Waals surface area contributed by atoms with Gasteiger partial charge in [-0.25, -0.2) is 13.1 Å². The lowest BCUT2D eigenvalue weighted by Crippen LogP contribution is -2.27. The monoisotopic (exact) mass is 400 g/mol. The maximum atomic E-state index is 12.2. The third-order valence-corrected chi connectivity index (χ3v) is 5.20. The van der Waals surface area contributed by atoms with Crippen molar-refractivity contribution in [3.8, 4) is 11.5 Å².